The van der Waals surface area contributed by atoms with Gasteiger partial charge in [-0.1, -0.05) is 13.8 Å². The van der Waals surface area contributed by atoms with Crippen LogP contribution >= 0.6 is 0 Å². The van der Waals surface area contributed by atoms with Crippen molar-refractivity contribution < 1.29 is 44.4 Å². The Labute approximate surface area is 108 Å². The molecule has 13 heavy (non-hydrogen) atoms. The number of nitrogens with zero attached hydrogens (tertiary/aromatic N) is 1. The summed E-state index contributed by atoms with van der Waals surface area (Å²) in [5, 5.41) is 0. The molecule has 4 heteroatoms. The Morgan fingerprint density at radius 3 is 2.00 bits per heavy atom. The molecule has 0 fully saturated rings. The molecule has 0 unspecified atom stereocenters. The normalized spacial score (nSPS) is 7.46. The summed E-state index contributed by atoms with van der Waals surface area (Å²) in [6.45, 7) is 8.51. The summed E-state index contributed by atoms with van der Waals surface area (Å²) in [5.41, 5.74) is 0. The molecular formula is C9H19NOVW. The zero-order chi connectivity index (χ0) is 9.28. The van der Waals surface area contributed by atoms with Crippen LogP contribution in [0.4, 0.5) is 0 Å². The Hall–Kier alpha value is 0.483. The molecule has 0 N–H and O–H groups in total. The monoisotopic (exact) mass is 392 g/mol. The third-order valence-corrected chi connectivity index (χ3v) is 1.06. The van der Waals surface area contributed by atoms with Gasteiger partial charge in [0.1, 0.15) is 0 Å². The maximum Gasteiger partial charge on any atom is 0.154 e. The van der Waals surface area contributed by atoms with E-state index in [0.717, 1.165) is 6.54 Å². The van der Waals surface area contributed by atoms with E-state index < -0.39 is 0 Å². The molecule has 77 valence electrons. The van der Waals surface area contributed by atoms with Crippen molar-refractivity contribution in [1.82, 2.24) is 4.90 Å². The minimum atomic E-state index is 0. The summed E-state index contributed by atoms with van der Waals surface area (Å²) in [6.07, 6.45) is 3.34. The Morgan fingerprint density at radius 1 is 1.38 bits per heavy atom. The van der Waals surface area contributed by atoms with Gasteiger partial charge in [0, 0.05) is 59.4 Å². The molecule has 0 bridgehead atoms. The SMILES string of the molecule is CC.CCN(C)/C=C\C(C)=O.[V].[W]. The first-order valence-electron chi connectivity index (χ1n) is 4.05. The molecule has 1 radical (unpaired) electrons. The third kappa shape index (κ3) is 24.5. The average Bonchev–Trinajstić information content (AvgIpc) is 2.04. The van der Waals surface area contributed by atoms with Gasteiger partial charge in [-0.2, -0.15) is 0 Å². The largest absolute Gasteiger partial charge is 0.381 e. The van der Waals surface area contributed by atoms with E-state index in [2.05, 4.69) is 0 Å². The van der Waals surface area contributed by atoms with Crippen molar-refractivity contribution in [2.45, 2.75) is 27.7 Å². The number of carbonyl (C=O) groups is 1. The second-order valence-electron chi connectivity index (χ2n) is 2.00. The summed E-state index contributed by atoms with van der Waals surface area (Å²) >= 11 is 0. The second kappa shape index (κ2) is 18.3. The fourth-order valence-electron chi connectivity index (χ4n) is 0.338. The molecule has 0 aromatic heterocycles. The van der Waals surface area contributed by atoms with Crippen molar-refractivity contribution in [3.8, 4) is 0 Å². The third-order valence-electron chi connectivity index (χ3n) is 1.06. The number of rotatable bonds is 3. The Bertz CT molecular complexity index is 129. The first kappa shape index (κ1) is 23.4. The minimum absolute atomic E-state index is 0. The van der Waals surface area contributed by atoms with Gasteiger partial charge in [-0.15, -0.1) is 0 Å². The first-order chi connectivity index (χ1) is 5.16. The minimum Gasteiger partial charge on any atom is -0.381 e. The number of allylic oxidation sites excluding steroid dienone is 1. The van der Waals surface area contributed by atoms with E-state index in [1.807, 2.05) is 32.7 Å². The van der Waals surface area contributed by atoms with Gasteiger partial charge in [-0.3, -0.25) is 4.79 Å². The van der Waals surface area contributed by atoms with Gasteiger partial charge in [-0.25, -0.2) is 0 Å². The summed E-state index contributed by atoms with van der Waals surface area (Å²) in [4.78, 5) is 12.3. The topological polar surface area (TPSA) is 20.3 Å². The number of hydrogen-bond donors (Lipinski definition) is 0. The van der Waals surface area contributed by atoms with E-state index in [4.69, 9.17) is 0 Å². The molecule has 0 saturated heterocycles. The maximum atomic E-state index is 10.4. The van der Waals surface area contributed by atoms with E-state index >= 15 is 0 Å². The molecule has 0 aliphatic rings. The predicted octanol–water partition coefficient (Wildman–Crippen LogP) is 2.06. The molecule has 0 atom stereocenters. The van der Waals surface area contributed by atoms with Gasteiger partial charge < -0.3 is 4.90 Å². The van der Waals surface area contributed by atoms with Gasteiger partial charge in [0.05, 0.1) is 0 Å². The molecular weight excluding hydrogens is 373 g/mol. The molecule has 0 aliphatic carbocycles. The van der Waals surface area contributed by atoms with Crippen LogP contribution in [0, 0.1) is 0 Å². The fraction of sp³-hybridized carbons (Fsp3) is 0.667. The zero-order valence-electron chi connectivity index (χ0n) is 9.07. The van der Waals surface area contributed by atoms with Gasteiger partial charge >= 0.3 is 0 Å². The van der Waals surface area contributed by atoms with E-state index in [1.165, 1.54) is 0 Å². The van der Waals surface area contributed by atoms with E-state index in [1.54, 1.807) is 19.2 Å². The molecule has 0 rings (SSSR count). The summed E-state index contributed by atoms with van der Waals surface area (Å²) in [7, 11) is 1.93. The average molecular weight is 392 g/mol. The van der Waals surface area contributed by atoms with Crippen molar-refractivity contribution in [2.24, 2.45) is 0 Å². The van der Waals surface area contributed by atoms with Crippen LogP contribution in [-0.2, 0) is 44.4 Å². The van der Waals surface area contributed by atoms with Crippen LogP contribution in [0.5, 0.6) is 0 Å². The standard InChI is InChI=1S/C7H13NO.C2H6.V.W/c1-4-8(3)6-5-7(2)9;1-2;;/h5-6H,4H2,1-3H3;1-2H3;;/b6-5-;;;. The fourth-order valence-corrected chi connectivity index (χ4v) is 0.338. The van der Waals surface area contributed by atoms with Crippen LogP contribution in [0.25, 0.3) is 0 Å². The Balaban J connectivity index is -0.0000000941. The first-order valence-corrected chi connectivity index (χ1v) is 4.05. The smallest absolute Gasteiger partial charge is 0.154 e. The van der Waals surface area contributed by atoms with Gasteiger partial charge in [-0.05, 0) is 19.9 Å². The second-order valence-corrected chi connectivity index (χ2v) is 2.00. The van der Waals surface area contributed by atoms with Crippen LogP contribution in [0.3, 0.4) is 0 Å². The molecule has 0 amide bonds. The molecule has 0 aliphatic heterocycles. The van der Waals surface area contributed by atoms with Gasteiger partial charge in [0.15, 0.2) is 5.78 Å². The molecule has 0 saturated carbocycles. The van der Waals surface area contributed by atoms with Crippen molar-refractivity contribution in [3.63, 3.8) is 0 Å². The number of hydrogen-bond acceptors (Lipinski definition) is 2. The molecule has 0 aromatic rings. The van der Waals surface area contributed by atoms with Crippen LogP contribution < -0.4 is 0 Å². The summed E-state index contributed by atoms with van der Waals surface area (Å²) < 4.78 is 0. The Kier molecular flexibility index (Phi) is 32.9. The molecule has 0 aromatic carbocycles. The van der Waals surface area contributed by atoms with Crippen LogP contribution in [0.1, 0.15) is 27.7 Å². The molecule has 2 nitrogen and oxygen atoms in total. The predicted molar refractivity (Wildman–Crippen MR) is 49.5 cm³/mol. The quantitative estimate of drug-likeness (QED) is 0.686. The van der Waals surface area contributed by atoms with Crippen molar-refractivity contribution >= 4 is 5.78 Å². The summed E-state index contributed by atoms with van der Waals surface area (Å²) in [5.74, 6) is 0.0929. The van der Waals surface area contributed by atoms with Gasteiger partial charge in [0.2, 0.25) is 0 Å². The van der Waals surface area contributed by atoms with Crippen LogP contribution in [-0.4, -0.2) is 24.3 Å². The van der Waals surface area contributed by atoms with E-state index in [0.29, 0.717) is 0 Å². The van der Waals surface area contributed by atoms with Crippen LogP contribution in [0.15, 0.2) is 12.3 Å². The Morgan fingerprint density at radius 2 is 1.77 bits per heavy atom. The summed E-state index contributed by atoms with van der Waals surface area (Å²) in [6, 6.07) is 0. The van der Waals surface area contributed by atoms with Crippen molar-refractivity contribution in [3.05, 3.63) is 12.3 Å². The van der Waals surface area contributed by atoms with Crippen molar-refractivity contribution in [2.75, 3.05) is 13.6 Å². The number of carbonyl (C=O) groups excluding carboxylic acids is 1. The number of ketones is 1. The zero-order valence-corrected chi connectivity index (χ0v) is 13.4. The van der Waals surface area contributed by atoms with Gasteiger partial charge in [0.25, 0.3) is 0 Å². The van der Waals surface area contributed by atoms with Crippen LogP contribution in [0.2, 0.25) is 0 Å². The van der Waals surface area contributed by atoms with E-state index in [9.17, 15) is 4.79 Å². The maximum absolute atomic E-state index is 10.4. The molecule has 0 spiro atoms. The molecule has 0 heterocycles. The van der Waals surface area contributed by atoms with Crippen molar-refractivity contribution in [1.29, 1.82) is 0 Å². The van der Waals surface area contributed by atoms with E-state index in [-0.39, 0.29) is 45.4 Å².